The minimum atomic E-state index is 0.744. The first kappa shape index (κ1) is 15.1. The third-order valence-corrected chi connectivity index (χ3v) is 3.35. The van der Waals surface area contributed by atoms with E-state index in [9.17, 15) is 0 Å². The van der Waals surface area contributed by atoms with Crippen LogP contribution in [0.3, 0.4) is 0 Å². The maximum Gasteiger partial charge on any atom is 0.122 e. The Labute approximate surface area is 113 Å². The molecule has 0 saturated heterocycles. The molecule has 0 aliphatic rings. The van der Waals surface area contributed by atoms with Gasteiger partial charge in [-0.25, -0.2) is 0 Å². The Bertz CT molecular complexity index is 353. The van der Waals surface area contributed by atoms with Gasteiger partial charge in [-0.2, -0.15) is 0 Å². The van der Waals surface area contributed by atoms with Crippen LogP contribution in [0.15, 0.2) is 18.2 Å². The van der Waals surface area contributed by atoms with E-state index in [1.54, 1.807) is 7.11 Å². The van der Waals surface area contributed by atoms with Crippen molar-refractivity contribution in [2.75, 3.05) is 7.11 Å². The Kier molecular flexibility index (Phi) is 6.24. The summed E-state index contributed by atoms with van der Waals surface area (Å²) in [5.74, 6) is 2.56. The number of benzene rings is 1. The quantitative estimate of drug-likeness (QED) is 0.668. The number of methoxy groups -OCH3 is 1. The molecule has 0 atom stereocenters. The van der Waals surface area contributed by atoms with E-state index < -0.39 is 0 Å². The van der Waals surface area contributed by atoms with Crippen molar-refractivity contribution in [2.24, 2.45) is 11.8 Å². The van der Waals surface area contributed by atoms with Gasteiger partial charge in [-0.1, -0.05) is 39.8 Å². The molecule has 0 unspecified atom stereocenters. The van der Waals surface area contributed by atoms with Crippen molar-refractivity contribution in [2.45, 2.75) is 53.4 Å². The predicted molar refractivity (Wildman–Crippen MR) is 79.3 cm³/mol. The topological polar surface area (TPSA) is 9.23 Å². The molecular weight excluding hydrogens is 220 g/mol. The minimum absolute atomic E-state index is 0.744. The van der Waals surface area contributed by atoms with E-state index in [2.05, 4.69) is 45.9 Å². The summed E-state index contributed by atoms with van der Waals surface area (Å²) in [5.41, 5.74) is 2.82. The Morgan fingerprint density at radius 1 is 0.944 bits per heavy atom. The molecule has 0 heterocycles. The molecule has 1 aromatic rings. The molecule has 1 nitrogen and oxygen atoms in total. The van der Waals surface area contributed by atoms with Gasteiger partial charge in [-0.05, 0) is 54.7 Å². The third-order valence-electron chi connectivity index (χ3n) is 3.35. The lowest BCUT2D eigenvalue weighted by Gasteiger charge is -2.12. The van der Waals surface area contributed by atoms with E-state index in [1.165, 1.54) is 30.4 Å². The zero-order valence-corrected chi connectivity index (χ0v) is 12.6. The Morgan fingerprint density at radius 3 is 2.11 bits per heavy atom. The highest BCUT2D eigenvalue weighted by Crippen LogP contribution is 2.24. The van der Waals surface area contributed by atoms with Crippen LogP contribution in [0.2, 0.25) is 0 Å². The van der Waals surface area contributed by atoms with Gasteiger partial charge < -0.3 is 4.74 Å². The summed E-state index contributed by atoms with van der Waals surface area (Å²) < 4.78 is 5.46. The molecule has 0 amide bonds. The molecule has 0 N–H and O–H groups in total. The summed E-state index contributed by atoms with van der Waals surface area (Å²) in [4.78, 5) is 0. The van der Waals surface area contributed by atoms with Crippen LogP contribution in [0.4, 0.5) is 0 Å². The number of aryl methyl sites for hydroxylation is 2. The van der Waals surface area contributed by atoms with Crippen LogP contribution in [-0.2, 0) is 12.8 Å². The third kappa shape index (κ3) is 5.12. The van der Waals surface area contributed by atoms with Crippen LogP contribution in [0.5, 0.6) is 5.75 Å². The molecule has 0 aliphatic carbocycles. The predicted octanol–water partition coefficient (Wildman–Crippen LogP) is 4.87. The molecule has 1 rings (SSSR count). The molecule has 0 fully saturated rings. The molecule has 0 aromatic heterocycles. The lowest BCUT2D eigenvalue weighted by molar-refractivity contribution is 0.407. The molecule has 102 valence electrons. The van der Waals surface area contributed by atoms with Crippen molar-refractivity contribution in [3.05, 3.63) is 29.3 Å². The highest BCUT2D eigenvalue weighted by atomic mass is 16.5. The number of ether oxygens (including phenoxy) is 1. The molecule has 0 radical (unpaired) electrons. The Balaban J connectivity index is 2.74. The molecular formula is C17H28O. The maximum atomic E-state index is 5.46. The second kappa shape index (κ2) is 7.45. The molecule has 1 heteroatoms. The highest BCUT2D eigenvalue weighted by molar-refractivity contribution is 5.37. The molecule has 0 bridgehead atoms. The minimum Gasteiger partial charge on any atom is -0.496 e. The number of hydrogen-bond donors (Lipinski definition) is 0. The monoisotopic (exact) mass is 248 g/mol. The van der Waals surface area contributed by atoms with Crippen LogP contribution in [0.1, 0.15) is 51.7 Å². The van der Waals surface area contributed by atoms with E-state index in [1.807, 2.05) is 0 Å². The largest absolute Gasteiger partial charge is 0.496 e. The van der Waals surface area contributed by atoms with Crippen molar-refractivity contribution in [1.29, 1.82) is 0 Å². The average molecular weight is 248 g/mol. The second-order valence-corrected chi connectivity index (χ2v) is 6.01. The second-order valence-electron chi connectivity index (χ2n) is 6.01. The molecule has 0 spiro atoms. The molecule has 18 heavy (non-hydrogen) atoms. The van der Waals surface area contributed by atoms with Gasteiger partial charge in [-0.3, -0.25) is 0 Å². The van der Waals surface area contributed by atoms with Gasteiger partial charge in [0.15, 0.2) is 0 Å². The molecule has 0 saturated carbocycles. The van der Waals surface area contributed by atoms with Crippen molar-refractivity contribution < 1.29 is 4.74 Å². The highest BCUT2D eigenvalue weighted by Gasteiger charge is 2.06. The fraction of sp³-hybridized carbons (Fsp3) is 0.647. The van der Waals surface area contributed by atoms with Gasteiger partial charge in [0.05, 0.1) is 7.11 Å². The van der Waals surface area contributed by atoms with Gasteiger partial charge in [-0.15, -0.1) is 0 Å². The zero-order chi connectivity index (χ0) is 13.5. The van der Waals surface area contributed by atoms with Gasteiger partial charge in [0, 0.05) is 0 Å². The normalized spacial score (nSPS) is 11.3. The number of rotatable bonds is 7. The van der Waals surface area contributed by atoms with Crippen LogP contribution in [-0.4, -0.2) is 7.11 Å². The summed E-state index contributed by atoms with van der Waals surface area (Å²) in [7, 11) is 1.77. The summed E-state index contributed by atoms with van der Waals surface area (Å²) >= 11 is 0. The van der Waals surface area contributed by atoms with Gasteiger partial charge in [0.1, 0.15) is 5.75 Å². The molecule has 1 aromatic carbocycles. The smallest absolute Gasteiger partial charge is 0.122 e. The van der Waals surface area contributed by atoms with Gasteiger partial charge in [0.25, 0.3) is 0 Å². The van der Waals surface area contributed by atoms with E-state index in [0.29, 0.717) is 0 Å². The van der Waals surface area contributed by atoms with Gasteiger partial charge in [0.2, 0.25) is 0 Å². The van der Waals surface area contributed by atoms with Crippen LogP contribution in [0.25, 0.3) is 0 Å². The SMILES string of the molecule is COc1ccc(CCC(C)C)cc1CCC(C)C. The fourth-order valence-corrected chi connectivity index (χ4v) is 2.08. The first-order valence-electron chi connectivity index (χ1n) is 7.18. The van der Waals surface area contributed by atoms with E-state index in [-0.39, 0.29) is 0 Å². The number of hydrogen-bond acceptors (Lipinski definition) is 1. The summed E-state index contributed by atoms with van der Waals surface area (Å²) in [6, 6.07) is 6.68. The summed E-state index contributed by atoms with van der Waals surface area (Å²) in [6.07, 6.45) is 4.78. The van der Waals surface area contributed by atoms with Crippen LogP contribution < -0.4 is 4.74 Å². The van der Waals surface area contributed by atoms with Crippen molar-refractivity contribution in [3.63, 3.8) is 0 Å². The first-order valence-corrected chi connectivity index (χ1v) is 7.18. The fourth-order valence-electron chi connectivity index (χ4n) is 2.08. The van der Waals surface area contributed by atoms with Crippen LogP contribution >= 0.6 is 0 Å². The molecule has 0 aliphatic heterocycles. The Morgan fingerprint density at radius 2 is 1.56 bits per heavy atom. The maximum absolute atomic E-state index is 5.46. The van der Waals surface area contributed by atoms with E-state index >= 15 is 0 Å². The van der Waals surface area contributed by atoms with Crippen molar-refractivity contribution in [1.82, 2.24) is 0 Å². The summed E-state index contributed by atoms with van der Waals surface area (Å²) in [6.45, 7) is 9.11. The first-order chi connectivity index (χ1) is 8.52. The lowest BCUT2D eigenvalue weighted by atomic mass is 9.97. The standard InChI is InChI=1S/C17H28O/c1-13(2)6-8-15-9-11-17(18-5)16(12-15)10-7-14(3)4/h9,11-14H,6-8,10H2,1-5H3. The summed E-state index contributed by atoms with van der Waals surface area (Å²) in [5, 5.41) is 0. The van der Waals surface area contributed by atoms with Gasteiger partial charge >= 0.3 is 0 Å². The average Bonchev–Trinajstić information content (AvgIpc) is 2.33. The van der Waals surface area contributed by atoms with E-state index in [0.717, 1.165) is 24.0 Å². The van der Waals surface area contributed by atoms with Crippen molar-refractivity contribution in [3.8, 4) is 5.75 Å². The van der Waals surface area contributed by atoms with Crippen molar-refractivity contribution >= 4 is 0 Å². The Hall–Kier alpha value is -0.980. The van der Waals surface area contributed by atoms with Crippen LogP contribution in [0, 0.1) is 11.8 Å². The lowest BCUT2D eigenvalue weighted by Crippen LogP contribution is -1.99. The van der Waals surface area contributed by atoms with E-state index in [4.69, 9.17) is 4.74 Å². The zero-order valence-electron chi connectivity index (χ0n) is 12.6.